The summed E-state index contributed by atoms with van der Waals surface area (Å²) in [4.78, 5) is 31.3. The number of hydrogen-bond acceptors (Lipinski definition) is 7. The van der Waals surface area contributed by atoms with Gasteiger partial charge in [-0.15, -0.1) is 0 Å². The highest BCUT2D eigenvalue weighted by Crippen LogP contribution is 2.24. The summed E-state index contributed by atoms with van der Waals surface area (Å²) < 4.78 is 52.2. The Morgan fingerprint density at radius 2 is 1.27 bits per heavy atom. The van der Waals surface area contributed by atoms with Crippen LogP contribution in [0, 0.1) is 37.1 Å². The second kappa shape index (κ2) is 16.2. The fraction of sp³-hybridized carbons (Fsp3) is 0.129. The number of rotatable bonds is 6. The lowest BCUT2D eigenvalue weighted by atomic mass is 10.1. The first-order chi connectivity index (χ1) is 20.2. The monoisotopic (exact) mass is 618 g/mol. The number of nitrogens with one attached hydrogen (secondary N) is 1. The second-order valence-electron chi connectivity index (χ2n) is 8.84. The summed E-state index contributed by atoms with van der Waals surface area (Å²) in [6.07, 6.45) is 0.0182. The number of phenolic OH excluding ortho intramolecular Hbond substituents is 2. The molecule has 0 atom stereocenters. The van der Waals surface area contributed by atoms with Crippen molar-refractivity contribution in [2.75, 3.05) is 11.1 Å². The zero-order valence-electron chi connectivity index (χ0n) is 22.7. The Morgan fingerprint density at radius 3 is 1.77 bits per heavy atom. The lowest BCUT2D eigenvalue weighted by Crippen LogP contribution is -2.07. The van der Waals surface area contributed by atoms with E-state index in [0.29, 0.717) is 11.4 Å². The number of anilines is 2. The van der Waals surface area contributed by atoms with Crippen molar-refractivity contribution in [2.24, 2.45) is 0 Å². The summed E-state index contributed by atoms with van der Waals surface area (Å²) in [6.45, 7) is 3.36. The van der Waals surface area contributed by atoms with E-state index < -0.39 is 52.3 Å². The molecule has 7 N–H and O–H groups in total. The summed E-state index contributed by atoms with van der Waals surface area (Å²) in [6, 6.07) is 12.7. The third-order valence-electron chi connectivity index (χ3n) is 5.86. The molecule has 13 heteroatoms. The molecular formula is C31H30F4N2O7. The van der Waals surface area contributed by atoms with Crippen LogP contribution in [0.25, 0.3) is 0 Å². The van der Waals surface area contributed by atoms with Crippen LogP contribution in [0.5, 0.6) is 11.5 Å². The first kappa shape index (κ1) is 36.4. The molecule has 0 saturated heterocycles. The van der Waals surface area contributed by atoms with Gasteiger partial charge in [-0.25, -0.2) is 27.2 Å². The predicted molar refractivity (Wildman–Crippen MR) is 156 cm³/mol. The molecule has 0 saturated carbocycles. The summed E-state index contributed by atoms with van der Waals surface area (Å²) in [7, 11) is 0. The molecule has 0 aliphatic heterocycles. The number of benzene rings is 4. The molecule has 0 amide bonds. The van der Waals surface area contributed by atoms with Gasteiger partial charge in [0.15, 0.2) is 29.4 Å². The van der Waals surface area contributed by atoms with Gasteiger partial charge in [-0.2, -0.15) is 0 Å². The maximum atomic E-state index is 13.6. The number of aldehydes is 1. The molecular weight excluding hydrogens is 588 g/mol. The maximum Gasteiger partial charge on any atom is 0.335 e. The number of carbonyl (C=O) groups is 3. The molecule has 0 aliphatic rings. The van der Waals surface area contributed by atoms with E-state index in [1.165, 1.54) is 24.3 Å². The standard InChI is InChI=1S/C15H13F2NO3.C8H9NO2.C7H4F2O2.CH4/c1-8-2-3-9(15(20)21)6-12(8)18-7-10-11(16)4-5-13(19)14(10)17;1-5-2-3-6(8(10)11)4-7(5)9;8-5-1-2-6(11)7(9)4(5)3-10;/h2-6,18-19H,7H2,1H3,(H,20,21);2-4H,9H2,1H3,(H,10,11);1-3,11H;1H4. The van der Waals surface area contributed by atoms with Gasteiger partial charge in [-0.05, 0) is 73.5 Å². The molecule has 44 heavy (non-hydrogen) atoms. The average Bonchev–Trinajstić information content (AvgIpc) is 2.96. The molecule has 0 heterocycles. The van der Waals surface area contributed by atoms with Gasteiger partial charge >= 0.3 is 11.9 Å². The summed E-state index contributed by atoms with van der Waals surface area (Å²) >= 11 is 0. The topological polar surface area (TPSA) is 170 Å². The van der Waals surface area contributed by atoms with E-state index in [1.807, 2.05) is 6.92 Å². The van der Waals surface area contributed by atoms with Crippen LogP contribution in [0.3, 0.4) is 0 Å². The molecule has 0 aromatic heterocycles. The van der Waals surface area contributed by atoms with E-state index in [-0.39, 0.29) is 36.9 Å². The Bertz CT molecular complexity index is 1660. The van der Waals surface area contributed by atoms with E-state index >= 15 is 0 Å². The molecule has 0 aliphatic carbocycles. The van der Waals surface area contributed by atoms with Crippen molar-refractivity contribution in [1.29, 1.82) is 0 Å². The zero-order valence-corrected chi connectivity index (χ0v) is 22.7. The van der Waals surface area contributed by atoms with Crippen molar-refractivity contribution in [3.63, 3.8) is 0 Å². The zero-order chi connectivity index (χ0) is 32.4. The van der Waals surface area contributed by atoms with Crippen LogP contribution in [0.2, 0.25) is 0 Å². The van der Waals surface area contributed by atoms with Crippen molar-refractivity contribution in [2.45, 2.75) is 27.8 Å². The second-order valence-corrected chi connectivity index (χ2v) is 8.84. The average molecular weight is 619 g/mol. The molecule has 0 spiro atoms. The van der Waals surface area contributed by atoms with Crippen molar-refractivity contribution in [3.8, 4) is 11.5 Å². The molecule has 4 rings (SSSR count). The van der Waals surface area contributed by atoms with Gasteiger partial charge in [0.25, 0.3) is 0 Å². The van der Waals surface area contributed by atoms with Gasteiger partial charge in [0.05, 0.1) is 16.7 Å². The van der Waals surface area contributed by atoms with Gasteiger partial charge in [0, 0.05) is 23.5 Å². The first-order valence-electron chi connectivity index (χ1n) is 12.1. The third-order valence-corrected chi connectivity index (χ3v) is 5.86. The Balaban J connectivity index is 0.000000357. The number of aromatic hydroxyl groups is 2. The number of aryl methyl sites for hydroxylation is 2. The van der Waals surface area contributed by atoms with Gasteiger partial charge in [-0.1, -0.05) is 19.6 Å². The highest BCUT2D eigenvalue weighted by molar-refractivity contribution is 5.89. The molecule has 234 valence electrons. The number of carbonyl (C=O) groups excluding carboxylic acids is 1. The van der Waals surface area contributed by atoms with Gasteiger partial charge < -0.3 is 31.5 Å². The summed E-state index contributed by atoms with van der Waals surface area (Å²) in [5.41, 5.74) is 7.35. The molecule has 0 bridgehead atoms. The Labute approximate surface area is 249 Å². The lowest BCUT2D eigenvalue weighted by Gasteiger charge is -2.12. The van der Waals surface area contributed by atoms with Crippen LogP contribution < -0.4 is 11.1 Å². The number of nitrogens with two attached hydrogens (primary N) is 1. The number of halogens is 4. The van der Waals surface area contributed by atoms with Gasteiger partial charge in [0.1, 0.15) is 11.6 Å². The number of carboxylic acid groups (broad SMARTS) is 2. The van der Waals surface area contributed by atoms with Crippen LogP contribution in [0.15, 0.2) is 60.7 Å². The molecule has 4 aromatic carbocycles. The van der Waals surface area contributed by atoms with E-state index in [0.717, 1.165) is 35.4 Å². The summed E-state index contributed by atoms with van der Waals surface area (Å²) in [5.74, 6) is -7.42. The number of aromatic carboxylic acids is 2. The number of nitrogen functional groups attached to an aromatic ring is 1. The normalized spacial score (nSPS) is 9.77. The maximum absolute atomic E-state index is 13.6. The van der Waals surface area contributed by atoms with Gasteiger partial charge in [-0.3, -0.25) is 4.79 Å². The predicted octanol–water partition coefficient (Wildman–Crippen LogP) is 6.68. The first-order valence-corrected chi connectivity index (χ1v) is 12.1. The van der Waals surface area contributed by atoms with Crippen molar-refractivity contribution < 1.29 is 52.4 Å². The van der Waals surface area contributed by atoms with Crippen molar-refractivity contribution in [1.82, 2.24) is 0 Å². The Hall–Kier alpha value is -5.59. The smallest absolute Gasteiger partial charge is 0.335 e. The number of carboxylic acids is 2. The van der Waals surface area contributed by atoms with Crippen LogP contribution in [-0.4, -0.2) is 38.7 Å². The van der Waals surface area contributed by atoms with Crippen LogP contribution in [-0.2, 0) is 6.54 Å². The van der Waals surface area contributed by atoms with Crippen LogP contribution >= 0.6 is 0 Å². The summed E-state index contributed by atoms with van der Waals surface area (Å²) in [5, 5.41) is 38.2. The molecule has 0 fully saturated rings. The van der Waals surface area contributed by atoms with Gasteiger partial charge in [0.2, 0.25) is 0 Å². The highest BCUT2D eigenvalue weighted by Gasteiger charge is 2.14. The quantitative estimate of drug-likeness (QED) is 0.0783. The Morgan fingerprint density at radius 1 is 0.773 bits per heavy atom. The van der Waals surface area contributed by atoms with Crippen LogP contribution in [0.1, 0.15) is 55.2 Å². The number of phenols is 2. The van der Waals surface area contributed by atoms with E-state index in [1.54, 1.807) is 19.1 Å². The minimum absolute atomic E-state index is 0. The molecule has 0 radical (unpaired) electrons. The highest BCUT2D eigenvalue weighted by atomic mass is 19.1. The largest absolute Gasteiger partial charge is 0.505 e. The third kappa shape index (κ3) is 9.48. The SMILES string of the molecule is C.Cc1ccc(C(=O)O)cc1N.Cc1ccc(C(=O)O)cc1NCc1c(F)ccc(O)c1F.O=Cc1c(F)ccc(O)c1F. The van der Waals surface area contributed by atoms with Crippen LogP contribution in [0.4, 0.5) is 28.9 Å². The fourth-order valence-electron chi connectivity index (χ4n) is 3.32. The lowest BCUT2D eigenvalue weighted by molar-refractivity contribution is 0.0686. The molecule has 0 unspecified atom stereocenters. The minimum Gasteiger partial charge on any atom is -0.505 e. The minimum atomic E-state index is -1.22. The van der Waals surface area contributed by atoms with Crippen molar-refractivity contribution in [3.05, 3.63) is 117 Å². The fourth-order valence-corrected chi connectivity index (χ4v) is 3.32. The number of hydrogen-bond donors (Lipinski definition) is 6. The van der Waals surface area contributed by atoms with E-state index in [9.17, 15) is 37.1 Å². The van der Waals surface area contributed by atoms with E-state index in [4.69, 9.17) is 21.1 Å². The Kier molecular flexibility index (Phi) is 13.4. The van der Waals surface area contributed by atoms with Crippen molar-refractivity contribution >= 4 is 29.6 Å². The molecule has 9 nitrogen and oxygen atoms in total. The van der Waals surface area contributed by atoms with E-state index in [2.05, 4.69) is 5.32 Å². The molecule has 4 aromatic rings.